The van der Waals surface area contributed by atoms with Crippen LogP contribution in [-0.2, 0) is 4.74 Å². The lowest BCUT2D eigenvalue weighted by molar-refractivity contribution is -0.163. The zero-order chi connectivity index (χ0) is 14.3. The molecule has 0 atom stereocenters. The van der Waals surface area contributed by atoms with Gasteiger partial charge in [-0.2, -0.15) is 13.2 Å². The van der Waals surface area contributed by atoms with Crippen molar-refractivity contribution >= 4 is 6.09 Å². The lowest BCUT2D eigenvalue weighted by Gasteiger charge is -2.31. The largest absolute Gasteiger partial charge is 0.440 e. The van der Waals surface area contributed by atoms with E-state index in [1.165, 1.54) is 4.90 Å². The van der Waals surface area contributed by atoms with Crippen molar-refractivity contribution in [3.8, 4) is 0 Å². The lowest BCUT2D eigenvalue weighted by atomic mass is 10.1. The van der Waals surface area contributed by atoms with Gasteiger partial charge in [0.1, 0.15) is 0 Å². The van der Waals surface area contributed by atoms with E-state index in [-0.39, 0.29) is 12.0 Å². The van der Waals surface area contributed by atoms with Gasteiger partial charge in [-0.3, -0.25) is 0 Å². The van der Waals surface area contributed by atoms with Crippen LogP contribution in [0.2, 0.25) is 0 Å². The minimum absolute atomic E-state index is 0.0758. The predicted molar refractivity (Wildman–Crippen MR) is 63.3 cm³/mol. The third-order valence-electron chi connectivity index (χ3n) is 2.54. The summed E-state index contributed by atoms with van der Waals surface area (Å²) in [6.45, 7) is 6.50. The van der Waals surface area contributed by atoms with Crippen LogP contribution in [0.25, 0.3) is 0 Å². The molecule has 0 saturated carbocycles. The number of amides is 1. The molecule has 0 bridgehead atoms. The van der Waals surface area contributed by atoms with Crippen molar-refractivity contribution in [2.45, 2.75) is 52.8 Å². The van der Waals surface area contributed by atoms with Crippen molar-refractivity contribution in [3.63, 3.8) is 0 Å². The van der Waals surface area contributed by atoms with E-state index in [0.29, 0.717) is 19.4 Å². The van der Waals surface area contributed by atoms with Gasteiger partial charge >= 0.3 is 12.3 Å². The molecule has 108 valence electrons. The molecule has 0 spiro atoms. The molecule has 0 aliphatic carbocycles. The molecular formula is C12H22F3NO2. The molecule has 18 heavy (non-hydrogen) atoms. The Hall–Kier alpha value is -0.940. The van der Waals surface area contributed by atoms with Gasteiger partial charge in [0, 0.05) is 12.6 Å². The van der Waals surface area contributed by atoms with Gasteiger partial charge in [0.25, 0.3) is 0 Å². The van der Waals surface area contributed by atoms with Crippen LogP contribution in [-0.4, -0.2) is 36.4 Å². The number of carbonyl (C=O) groups is 1. The van der Waals surface area contributed by atoms with E-state index in [2.05, 4.69) is 4.74 Å². The number of hydrogen-bond acceptors (Lipinski definition) is 2. The summed E-state index contributed by atoms with van der Waals surface area (Å²) in [7, 11) is 0. The quantitative estimate of drug-likeness (QED) is 0.733. The topological polar surface area (TPSA) is 29.5 Å². The number of halogens is 3. The Kier molecular flexibility index (Phi) is 7.09. The molecule has 0 N–H and O–H groups in total. The fraction of sp³-hybridized carbons (Fsp3) is 0.917. The average Bonchev–Trinajstić information content (AvgIpc) is 2.24. The highest BCUT2D eigenvalue weighted by Crippen LogP contribution is 2.17. The van der Waals surface area contributed by atoms with E-state index in [4.69, 9.17) is 0 Å². The molecule has 0 aliphatic heterocycles. The zero-order valence-corrected chi connectivity index (χ0v) is 11.4. The van der Waals surface area contributed by atoms with Gasteiger partial charge in [-0.15, -0.1) is 0 Å². The highest BCUT2D eigenvalue weighted by molar-refractivity contribution is 5.68. The minimum Gasteiger partial charge on any atom is -0.440 e. The van der Waals surface area contributed by atoms with Crippen molar-refractivity contribution in [1.29, 1.82) is 0 Å². The fourth-order valence-corrected chi connectivity index (χ4v) is 1.72. The number of ether oxygens (including phenoxy) is 1. The Bertz CT molecular complexity index is 250. The molecule has 0 aromatic rings. The van der Waals surface area contributed by atoms with Crippen molar-refractivity contribution in [2.24, 2.45) is 5.92 Å². The summed E-state index contributed by atoms with van der Waals surface area (Å²) in [4.78, 5) is 13.1. The molecule has 0 saturated heterocycles. The van der Waals surface area contributed by atoms with Gasteiger partial charge in [0.15, 0.2) is 6.61 Å². The van der Waals surface area contributed by atoms with E-state index < -0.39 is 18.9 Å². The molecule has 0 aliphatic rings. The van der Waals surface area contributed by atoms with Crippen LogP contribution in [0.15, 0.2) is 0 Å². The van der Waals surface area contributed by atoms with Crippen LogP contribution in [0, 0.1) is 5.92 Å². The molecule has 0 heterocycles. The first-order chi connectivity index (χ1) is 8.21. The number of rotatable bonds is 6. The summed E-state index contributed by atoms with van der Waals surface area (Å²) in [5.41, 5.74) is 0. The van der Waals surface area contributed by atoms with E-state index in [9.17, 15) is 18.0 Å². The maximum Gasteiger partial charge on any atom is 0.422 e. The molecule has 0 fully saturated rings. The molecule has 0 unspecified atom stereocenters. The average molecular weight is 269 g/mol. The third kappa shape index (κ3) is 6.71. The first kappa shape index (κ1) is 17.1. The molecule has 6 heteroatoms. The van der Waals surface area contributed by atoms with Crippen molar-refractivity contribution in [2.75, 3.05) is 13.2 Å². The molecule has 1 amide bonds. The van der Waals surface area contributed by atoms with Crippen molar-refractivity contribution < 1.29 is 22.7 Å². The summed E-state index contributed by atoms with van der Waals surface area (Å²) < 4.78 is 40.3. The fourth-order valence-electron chi connectivity index (χ4n) is 1.72. The van der Waals surface area contributed by atoms with E-state index in [0.717, 1.165) is 0 Å². The number of nitrogens with zero attached hydrogens (tertiary/aromatic N) is 1. The molecule has 0 aromatic heterocycles. The van der Waals surface area contributed by atoms with Crippen LogP contribution < -0.4 is 0 Å². The SMILES string of the molecule is CCC(CC)N(CC(C)C)C(=O)OCC(F)(F)F. The number of alkyl halides is 3. The van der Waals surface area contributed by atoms with Gasteiger partial charge in [0.2, 0.25) is 0 Å². The standard InChI is InChI=1S/C12H22F3NO2/c1-5-10(6-2)16(7-9(3)4)11(17)18-8-12(13,14)15/h9-10H,5-8H2,1-4H3. The highest BCUT2D eigenvalue weighted by atomic mass is 19.4. The second kappa shape index (κ2) is 7.48. The predicted octanol–water partition coefficient (Wildman–Crippen LogP) is 3.83. The Morgan fingerprint density at radius 3 is 2.06 bits per heavy atom. The highest BCUT2D eigenvalue weighted by Gasteiger charge is 2.32. The van der Waals surface area contributed by atoms with Crippen LogP contribution in [0.4, 0.5) is 18.0 Å². The maximum absolute atomic E-state index is 12.0. The normalized spacial score (nSPS) is 12.1. The molecule has 0 rings (SSSR count). The monoisotopic (exact) mass is 269 g/mol. The second-order valence-corrected chi connectivity index (χ2v) is 4.69. The lowest BCUT2D eigenvalue weighted by Crippen LogP contribution is -2.43. The molecule has 0 radical (unpaired) electrons. The molecule has 3 nitrogen and oxygen atoms in total. The maximum atomic E-state index is 12.0. The van der Waals surface area contributed by atoms with Crippen LogP contribution >= 0.6 is 0 Å². The summed E-state index contributed by atoms with van der Waals surface area (Å²) in [5.74, 6) is 0.184. The van der Waals surface area contributed by atoms with Crippen LogP contribution in [0.5, 0.6) is 0 Å². The Morgan fingerprint density at radius 1 is 1.22 bits per heavy atom. The third-order valence-corrected chi connectivity index (χ3v) is 2.54. The summed E-state index contributed by atoms with van der Waals surface area (Å²) in [6, 6.07) is -0.0758. The first-order valence-corrected chi connectivity index (χ1v) is 6.21. The molecule has 0 aromatic carbocycles. The van der Waals surface area contributed by atoms with E-state index in [1.807, 2.05) is 27.7 Å². The van der Waals surface area contributed by atoms with Crippen LogP contribution in [0.1, 0.15) is 40.5 Å². The summed E-state index contributed by atoms with van der Waals surface area (Å²) in [6.07, 6.45) is -3.96. The van der Waals surface area contributed by atoms with Gasteiger partial charge in [-0.25, -0.2) is 4.79 Å². The number of carbonyl (C=O) groups excluding carboxylic acids is 1. The Labute approximate surface area is 106 Å². The Balaban J connectivity index is 4.59. The van der Waals surface area contributed by atoms with E-state index in [1.54, 1.807) is 0 Å². The number of hydrogen-bond donors (Lipinski definition) is 0. The second-order valence-electron chi connectivity index (χ2n) is 4.69. The first-order valence-electron chi connectivity index (χ1n) is 6.21. The Morgan fingerprint density at radius 2 is 1.72 bits per heavy atom. The van der Waals surface area contributed by atoms with Gasteiger partial charge in [0.05, 0.1) is 0 Å². The van der Waals surface area contributed by atoms with Crippen molar-refractivity contribution in [3.05, 3.63) is 0 Å². The minimum atomic E-state index is -4.48. The van der Waals surface area contributed by atoms with Gasteiger partial charge in [-0.1, -0.05) is 27.7 Å². The summed E-state index contributed by atoms with van der Waals surface area (Å²) in [5, 5.41) is 0. The zero-order valence-electron chi connectivity index (χ0n) is 11.4. The van der Waals surface area contributed by atoms with E-state index >= 15 is 0 Å². The molecular weight excluding hydrogens is 247 g/mol. The van der Waals surface area contributed by atoms with Gasteiger partial charge < -0.3 is 9.64 Å². The smallest absolute Gasteiger partial charge is 0.422 e. The van der Waals surface area contributed by atoms with Crippen molar-refractivity contribution in [1.82, 2.24) is 4.90 Å². The van der Waals surface area contributed by atoms with Gasteiger partial charge in [-0.05, 0) is 18.8 Å². The van der Waals surface area contributed by atoms with Crippen LogP contribution in [0.3, 0.4) is 0 Å². The summed E-state index contributed by atoms with van der Waals surface area (Å²) >= 11 is 0.